The Morgan fingerprint density at radius 2 is 1.58 bits per heavy atom. The first-order valence-corrected chi connectivity index (χ1v) is 4.18. The van der Waals surface area contributed by atoms with Gasteiger partial charge in [0.15, 0.2) is 0 Å². The van der Waals surface area contributed by atoms with Crippen molar-refractivity contribution in [2.75, 3.05) is 0 Å². The molecule has 0 aliphatic carbocycles. The van der Waals surface area contributed by atoms with Gasteiger partial charge >= 0.3 is 7.12 Å². The normalized spacial score (nSPS) is 25.4. The first kappa shape index (κ1) is 9.63. The van der Waals surface area contributed by atoms with Crippen molar-refractivity contribution in [3.63, 3.8) is 0 Å². The van der Waals surface area contributed by atoms with Gasteiger partial charge in [-0.2, -0.15) is 0 Å². The minimum atomic E-state index is -0.255. The number of rotatable bonds is 1. The lowest BCUT2D eigenvalue weighted by Gasteiger charge is -2.32. The van der Waals surface area contributed by atoms with Crippen molar-refractivity contribution in [1.82, 2.24) is 0 Å². The van der Waals surface area contributed by atoms with E-state index >= 15 is 0 Å². The van der Waals surface area contributed by atoms with E-state index < -0.39 is 0 Å². The van der Waals surface area contributed by atoms with Crippen LogP contribution in [0.15, 0.2) is 0 Å². The minimum Gasteiger partial charge on any atom is -0.403 e. The second kappa shape index (κ2) is 2.79. The summed E-state index contributed by atoms with van der Waals surface area (Å²) in [7, 11) is -0.236. The third kappa shape index (κ3) is 1.50. The molecule has 0 saturated carbocycles. The lowest BCUT2D eigenvalue weighted by atomic mass is 9.86. The summed E-state index contributed by atoms with van der Waals surface area (Å²) < 4.78 is 11.3. The Labute approximate surface area is 74.8 Å². The molecule has 1 aliphatic rings. The zero-order valence-electron chi connectivity index (χ0n) is 8.18. The Balaban J connectivity index is 2.69. The first-order chi connectivity index (χ1) is 5.39. The van der Waals surface area contributed by atoms with Gasteiger partial charge < -0.3 is 9.31 Å². The Morgan fingerprint density at radius 1 is 1.17 bits per heavy atom. The zero-order valence-corrected chi connectivity index (χ0v) is 8.18. The SMILES string of the molecule is C#CCB1OC(C)(C)C(C)(C)O1. The quantitative estimate of drug-likeness (QED) is 0.436. The molecule has 3 heteroatoms. The van der Waals surface area contributed by atoms with E-state index in [0.717, 1.165) is 0 Å². The van der Waals surface area contributed by atoms with Gasteiger partial charge in [-0.3, -0.25) is 0 Å². The van der Waals surface area contributed by atoms with Crippen LogP contribution in [0.4, 0.5) is 0 Å². The molecule has 2 nitrogen and oxygen atoms in total. The first-order valence-electron chi connectivity index (χ1n) is 4.18. The summed E-state index contributed by atoms with van der Waals surface area (Å²) in [6.45, 7) is 8.07. The van der Waals surface area contributed by atoms with Crippen LogP contribution in [0.1, 0.15) is 27.7 Å². The van der Waals surface area contributed by atoms with Crippen LogP contribution in [0.2, 0.25) is 6.32 Å². The van der Waals surface area contributed by atoms with E-state index in [1.165, 1.54) is 0 Å². The van der Waals surface area contributed by atoms with E-state index in [-0.39, 0.29) is 18.3 Å². The monoisotopic (exact) mass is 166 g/mol. The standard InChI is InChI=1S/C9H15BO2/c1-6-7-10-11-8(2,3)9(4,5)12-10/h1H,7H2,2-5H3. The summed E-state index contributed by atoms with van der Waals surface area (Å²) in [5.74, 6) is 2.54. The summed E-state index contributed by atoms with van der Waals surface area (Å²) in [4.78, 5) is 0. The maximum absolute atomic E-state index is 5.64. The molecule has 0 unspecified atom stereocenters. The van der Waals surface area contributed by atoms with Gasteiger partial charge in [0, 0.05) is 6.32 Å². The van der Waals surface area contributed by atoms with Crippen molar-refractivity contribution in [2.45, 2.75) is 45.2 Å². The summed E-state index contributed by atoms with van der Waals surface area (Å²) in [5.41, 5.74) is -0.511. The highest BCUT2D eigenvalue weighted by molar-refractivity contribution is 6.46. The van der Waals surface area contributed by atoms with Gasteiger partial charge in [-0.15, -0.1) is 12.3 Å². The molecule has 1 aliphatic heterocycles. The largest absolute Gasteiger partial charge is 0.470 e. The van der Waals surface area contributed by atoms with E-state index in [1.54, 1.807) is 0 Å². The Hall–Kier alpha value is -0.455. The highest BCUT2D eigenvalue weighted by atomic mass is 16.7. The molecule has 0 aromatic carbocycles. The second-order valence-corrected chi connectivity index (χ2v) is 4.09. The number of hydrogen-bond acceptors (Lipinski definition) is 2. The van der Waals surface area contributed by atoms with Crippen LogP contribution >= 0.6 is 0 Å². The Morgan fingerprint density at radius 3 is 1.92 bits per heavy atom. The van der Waals surface area contributed by atoms with Gasteiger partial charge in [0.05, 0.1) is 11.2 Å². The smallest absolute Gasteiger partial charge is 0.403 e. The van der Waals surface area contributed by atoms with Crippen LogP contribution in [0.5, 0.6) is 0 Å². The van der Waals surface area contributed by atoms with E-state index in [9.17, 15) is 0 Å². The van der Waals surface area contributed by atoms with Gasteiger partial charge in [0.25, 0.3) is 0 Å². The van der Waals surface area contributed by atoms with Crippen LogP contribution in [0.25, 0.3) is 0 Å². The van der Waals surface area contributed by atoms with Crippen LogP contribution in [-0.4, -0.2) is 18.3 Å². The van der Waals surface area contributed by atoms with Crippen LogP contribution in [0, 0.1) is 12.3 Å². The van der Waals surface area contributed by atoms with Crippen LogP contribution in [0.3, 0.4) is 0 Å². The molecule has 0 N–H and O–H groups in total. The molecule has 1 rings (SSSR count). The van der Waals surface area contributed by atoms with Gasteiger partial charge in [-0.25, -0.2) is 0 Å². The average molecular weight is 166 g/mol. The molecule has 0 atom stereocenters. The zero-order chi connectivity index (χ0) is 9.41. The second-order valence-electron chi connectivity index (χ2n) is 4.09. The fourth-order valence-corrected chi connectivity index (χ4v) is 1.14. The molecular weight excluding hydrogens is 151 g/mol. The predicted molar refractivity (Wildman–Crippen MR) is 49.7 cm³/mol. The van der Waals surface area contributed by atoms with Crippen molar-refractivity contribution in [1.29, 1.82) is 0 Å². The van der Waals surface area contributed by atoms with E-state index in [1.807, 2.05) is 27.7 Å². The lowest BCUT2D eigenvalue weighted by Crippen LogP contribution is -2.41. The molecule has 66 valence electrons. The average Bonchev–Trinajstić information content (AvgIpc) is 2.02. The lowest BCUT2D eigenvalue weighted by molar-refractivity contribution is 0.00578. The summed E-state index contributed by atoms with van der Waals surface area (Å²) in [5, 5.41) is 0. The predicted octanol–water partition coefficient (Wildman–Crippen LogP) is 1.71. The highest BCUT2D eigenvalue weighted by Crippen LogP contribution is 2.37. The van der Waals surface area contributed by atoms with Crippen molar-refractivity contribution >= 4 is 7.12 Å². The molecule has 1 heterocycles. The molecule has 0 spiro atoms. The molecule has 0 amide bonds. The number of hydrogen-bond donors (Lipinski definition) is 0. The molecule has 0 aromatic rings. The minimum absolute atomic E-state index is 0.236. The maximum atomic E-state index is 5.64. The van der Waals surface area contributed by atoms with Gasteiger partial charge in [0.2, 0.25) is 0 Å². The molecule has 0 radical (unpaired) electrons. The third-order valence-corrected chi connectivity index (χ3v) is 2.59. The van der Waals surface area contributed by atoms with E-state index in [4.69, 9.17) is 15.7 Å². The van der Waals surface area contributed by atoms with E-state index in [2.05, 4.69) is 5.92 Å². The summed E-state index contributed by atoms with van der Waals surface area (Å²) >= 11 is 0. The Kier molecular flexibility index (Phi) is 2.24. The number of terminal acetylenes is 1. The van der Waals surface area contributed by atoms with Crippen molar-refractivity contribution in [2.24, 2.45) is 0 Å². The third-order valence-electron chi connectivity index (χ3n) is 2.59. The van der Waals surface area contributed by atoms with E-state index in [0.29, 0.717) is 6.32 Å². The summed E-state index contributed by atoms with van der Waals surface area (Å²) in [6.07, 6.45) is 5.70. The molecular formula is C9H15BO2. The summed E-state index contributed by atoms with van der Waals surface area (Å²) in [6, 6.07) is 0. The van der Waals surface area contributed by atoms with Gasteiger partial charge in [-0.1, -0.05) is 0 Å². The van der Waals surface area contributed by atoms with Crippen molar-refractivity contribution in [3.8, 4) is 12.3 Å². The van der Waals surface area contributed by atoms with Crippen LogP contribution in [-0.2, 0) is 9.31 Å². The molecule has 1 fully saturated rings. The van der Waals surface area contributed by atoms with Crippen LogP contribution < -0.4 is 0 Å². The maximum Gasteiger partial charge on any atom is 0.470 e. The van der Waals surface area contributed by atoms with Gasteiger partial charge in [-0.05, 0) is 27.7 Å². The fraction of sp³-hybridized carbons (Fsp3) is 0.778. The van der Waals surface area contributed by atoms with Crippen molar-refractivity contribution in [3.05, 3.63) is 0 Å². The van der Waals surface area contributed by atoms with Crippen molar-refractivity contribution < 1.29 is 9.31 Å². The highest BCUT2D eigenvalue weighted by Gasteiger charge is 2.50. The molecule has 1 saturated heterocycles. The Bertz CT molecular complexity index is 199. The topological polar surface area (TPSA) is 18.5 Å². The fourth-order valence-electron chi connectivity index (χ4n) is 1.14. The molecule has 0 bridgehead atoms. The molecule has 12 heavy (non-hydrogen) atoms. The van der Waals surface area contributed by atoms with Gasteiger partial charge in [0.1, 0.15) is 0 Å². The molecule has 0 aromatic heterocycles.